The molecule has 0 heterocycles. The van der Waals surface area contributed by atoms with Crippen LogP contribution in [0.15, 0.2) is 30.3 Å². The highest BCUT2D eigenvalue weighted by atomic mass is 16.5. The Labute approximate surface area is 92.6 Å². The number of ether oxygens (including phenoxy) is 1. The maximum atomic E-state index is 5.52. The second kappa shape index (κ2) is 8.45. The average Bonchev–Trinajstić information content (AvgIpc) is 2.29. The van der Waals surface area contributed by atoms with Gasteiger partial charge in [-0.1, -0.05) is 37.3 Å². The molecule has 1 aromatic rings. The first-order chi connectivity index (χ1) is 7.43. The second-order valence-electron chi connectivity index (χ2n) is 3.60. The Morgan fingerprint density at radius 1 is 1.07 bits per heavy atom. The zero-order valence-electron chi connectivity index (χ0n) is 9.54. The van der Waals surface area contributed by atoms with Gasteiger partial charge in [0.05, 0.1) is 13.2 Å². The van der Waals surface area contributed by atoms with E-state index in [1.54, 1.807) is 0 Å². The first-order valence-corrected chi connectivity index (χ1v) is 5.76. The van der Waals surface area contributed by atoms with Crippen LogP contribution >= 0.6 is 0 Å². The highest BCUT2D eigenvalue weighted by Crippen LogP contribution is 1.99. The molecular formula is C13H21NO. The fourth-order valence-corrected chi connectivity index (χ4v) is 1.38. The normalized spacial score (nSPS) is 10.5. The van der Waals surface area contributed by atoms with Crippen molar-refractivity contribution in [3.05, 3.63) is 35.9 Å². The van der Waals surface area contributed by atoms with Crippen LogP contribution in [0.3, 0.4) is 0 Å². The number of rotatable bonds is 8. The molecule has 0 saturated carbocycles. The Hall–Kier alpha value is -0.860. The summed E-state index contributed by atoms with van der Waals surface area (Å²) in [6.45, 7) is 5.85. The number of hydrogen-bond donors (Lipinski definition) is 1. The van der Waals surface area contributed by atoms with E-state index in [2.05, 4.69) is 36.5 Å². The quantitative estimate of drug-likeness (QED) is 0.660. The van der Waals surface area contributed by atoms with E-state index in [0.29, 0.717) is 0 Å². The van der Waals surface area contributed by atoms with E-state index in [1.165, 1.54) is 12.0 Å². The van der Waals surface area contributed by atoms with Crippen LogP contribution in [0.1, 0.15) is 18.9 Å². The van der Waals surface area contributed by atoms with Crippen molar-refractivity contribution >= 4 is 0 Å². The lowest BCUT2D eigenvalue weighted by molar-refractivity contribution is 0.139. The third-order valence-electron chi connectivity index (χ3n) is 2.23. The Balaban J connectivity index is 1.93. The molecule has 0 fully saturated rings. The summed E-state index contributed by atoms with van der Waals surface area (Å²) in [6, 6.07) is 10.5. The van der Waals surface area contributed by atoms with Gasteiger partial charge in [0.2, 0.25) is 0 Å². The summed E-state index contributed by atoms with van der Waals surface area (Å²) in [6.07, 6.45) is 2.19. The van der Waals surface area contributed by atoms with Gasteiger partial charge in [0.1, 0.15) is 0 Å². The molecule has 0 amide bonds. The number of nitrogens with one attached hydrogen (secondary N) is 1. The lowest BCUT2D eigenvalue weighted by Gasteiger charge is -2.05. The molecule has 0 radical (unpaired) electrons. The van der Waals surface area contributed by atoms with E-state index in [0.717, 1.165) is 32.7 Å². The third-order valence-corrected chi connectivity index (χ3v) is 2.23. The first-order valence-electron chi connectivity index (χ1n) is 5.76. The molecule has 2 heteroatoms. The van der Waals surface area contributed by atoms with Crippen LogP contribution in [0.4, 0.5) is 0 Å². The summed E-state index contributed by atoms with van der Waals surface area (Å²) in [5.74, 6) is 0. The third kappa shape index (κ3) is 6.26. The first kappa shape index (κ1) is 12.2. The van der Waals surface area contributed by atoms with Crippen molar-refractivity contribution in [3.63, 3.8) is 0 Å². The zero-order valence-corrected chi connectivity index (χ0v) is 9.54. The van der Waals surface area contributed by atoms with Gasteiger partial charge in [0.25, 0.3) is 0 Å². The molecule has 1 aromatic carbocycles. The summed E-state index contributed by atoms with van der Waals surface area (Å²) < 4.78 is 5.52. The average molecular weight is 207 g/mol. The van der Waals surface area contributed by atoms with E-state index in [-0.39, 0.29) is 0 Å². The summed E-state index contributed by atoms with van der Waals surface area (Å²) >= 11 is 0. The van der Waals surface area contributed by atoms with Crippen molar-refractivity contribution in [1.29, 1.82) is 0 Å². The van der Waals surface area contributed by atoms with E-state index in [4.69, 9.17) is 4.74 Å². The van der Waals surface area contributed by atoms with Crippen LogP contribution in [0, 0.1) is 0 Å². The second-order valence-corrected chi connectivity index (χ2v) is 3.60. The minimum atomic E-state index is 0.812. The largest absolute Gasteiger partial charge is 0.380 e. The molecule has 0 aliphatic heterocycles. The molecule has 2 nitrogen and oxygen atoms in total. The topological polar surface area (TPSA) is 21.3 Å². The Morgan fingerprint density at radius 3 is 2.60 bits per heavy atom. The van der Waals surface area contributed by atoms with Gasteiger partial charge in [-0.3, -0.25) is 0 Å². The summed E-state index contributed by atoms with van der Waals surface area (Å²) in [5, 5.41) is 3.31. The maximum Gasteiger partial charge on any atom is 0.0591 e. The van der Waals surface area contributed by atoms with Crippen LogP contribution in [0.25, 0.3) is 0 Å². The van der Waals surface area contributed by atoms with Crippen LogP contribution < -0.4 is 5.32 Å². The molecule has 0 atom stereocenters. The van der Waals surface area contributed by atoms with Crippen LogP contribution in [-0.2, 0) is 11.2 Å². The highest BCUT2D eigenvalue weighted by molar-refractivity contribution is 5.14. The fourth-order valence-electron chi connectivity index (χ4n) is 1.38. The summed E-state index contributed by atoms with van der Waals surface area (Å²) in [4.78, 5) is 0. The van der Waals surface area contributed by atoms with Gasteiger partial charge in [-0.05, 0) is 24.9 Å². The fraction of sp³-hybridized carbons (Fsp3) is 0.538. The molecule has 0 bridgehead atoms. The van der Waals surface area contributed by atoms with E-state index >= 15 is 0 Å². The van der Waals surface area contributed by atoms with Crippen LogP contribution in [-0.4, -0.2) is 26.3 Å². The summed E-state index contributed by atoms with van der Waals surface area (Å²) in [5.41, 5.74) is 1.35. The molecule has 0 aliphatic rings. The minimum Gasteiger partial charge on any atom is -0.380 e. The molecule has 1 rings (SSSR count). The Bertz CT molecular complexity index is 236. The van der Waals surface area contributed by atoms with Crippen molar-refractivity contribution in [2.75, 3.05) is 26.3 Å². The smallest absolute Gasteiger partial charge is 0.0591 e. The van der Waals surface area contributed by atoms with Crippen LogP contribution in [0.5, 0.6) is 0 Å². The van der Waals surface area contributed by atoms with Gasteiger partial charge >= 0.3 is 0 Å². The minimum absolute atomic E-state index is 0.812. The Kier molecular flexibility index (Phi) is 6.88. The predicted molar refractivity (Wildman–Crippen MR) is 64.1 cm³/mol. The molecule has 15 heavy (non-hydrogen) atoms. The van der Waals surface area contributed by atoms with E-state index < -0.39 is 0 Å². The van der Waals surface area contributed by atoms with Gasteiger partial charge in [0.15, 0.2) is 0 Å². The monoisotopic (exact) mass is 207 g/mol. The summed E-state index contributed by atoms with van der Waals surface area (Å²) in [7, 11) is 0. The maximum absolute atomic E-state index is 5.52. The van der Waals surface area contributed by atoms with Gasteiger partial charge in [-0.25, -0.2) is 0 Å². The Morgan fingerprint density at radius 2 is 1.87 bits per heavy atom. The van der Waals surface area contributed by atoms with Crippen molar-refractivity contribution in [2.24, 2.45) is 0 Å². The standard InChI is InChI=1S/C13H21NO/c1-2-9-14-10-12-15-11-8-13-6-4-3-5-7-13/h3-7,14H,2,8-12H2,1H3. The molecule has 0 unspecified atom stereocenters. The molecule has 0 saturated heterocycles. The molecule has 0 spiro atoms. The van der Waals surface area contributed by atoms with Crippen molar-refractivity contribution < 1.29 is 4.74 Å². The zero-order chi connectivity index (χ0) is 10.8. The molecule has 84 valence electrons. The van der Waals surface area contributed by atoms with Crippen molar-refractivity contribution in [3.8, 4) is 0 Å². The molecule has 0 aromatic heterocycles. The van der Waals surface area contributed by atoms with E-state index in [9.17, 15) is 0 Å². The SMILES string of the molecule is CCCNCCOCCc1ccccc1. The number of benzene rings is 1. The van der Waals surface area contributed by atoms with Crippen molar-refractivity contribution in [1.82, 2.24) is 5.32 Å². The van der Waals surface area contributed by atoms with Crippen molar-refractivity contribution in [2.45, 2.75) is 19.8 Å². The molecule has 1 N–H and O–H groups in total. The lowest BCUT2D eigenvalue weighted by Crippen LogP contribution is -2.20. The van der Waals surface area contributed by atoms with E-state index in [1.807, 2.05) is 6.07 Å². The highest BCUT2D eigenvalue weighted by Gasteiger charge is 1.91. The van der Waals surface area contributed by atoms with Gasteiger partial charge in [-0.2, -0.15) is 0 Å². The van der Waals surface area contributed by atoms with Crippen LogP contribution in [0.2, 0.25) is 0 Å². The van der Waals surface area contributed by atoms with Gasteiger partial charge in [-0.15, -0.1) is 0 Å². The molecule has 0 aliphatic carbocycles. The predicted octanol–water partition coefficient (Wildman–Crippen LogP) is 2.25. The van der Waals surface area contributed by atoms with Gasteiger partial charge in [0, 0.05) is 6.54 Å². The van der Waals surface area contributed by atoms with Gasteiger partial charge < -0.3 is 10.1 Å². The molecular weight excluding hydrogens is 186 g/mol. The number of hydrogen-bond acceptors (Lipinski definition) is 2. The lowest BCUT2D eigenvalue weighted by atomic mass is 10.2.